The molecule has 0 radical (unpaired) electrons. The Kier molecular flexibility index (Phi) is 5.23. The van der Waals surface area contributed by atoms with Crippen LogP contribution in [0, 0.1) is 20.8 Å². The number of carbonyl (C=O) groups is 1. The summed E-state index contributed by atoms with van der Waals surface area (Å²) < 4.78 is 0. The zero-order valence-electron chi connectivity index (χ0n) is 13.5. The Morgan fingerprint density at radius 3 is 2.39 bits per heavy atom. The molecule has 0 aliphatic rings. The highest BCUT2D eigenvalue weighted by Gasteiger charge is 2.20. The number of halogens is 2. The summed E-state index contributed by atoms with van der Waals surface area (Å²) in [6.45, 7) is 7.45. The largest absolute Gasteiger partial charge is 0.481 e. The molecular formula is C18H19Cl2NO2. The van der Waals surface area contributed by atoms with Crippen LogP contribution in [0.1, 0.15) is 35.1 Å². The van der Waals surface area contributed by atoms with Crippen LogP contribution in [-0.2, 0) is 4.79 Å². The highest BCUT2D eigenvalue weighted by atomic mass is 35.5. The van der Waals surface area contributed by atoms with Crippen molar-refractivity contribution in [3.63, 3.8) is 0 Å². The number of nitrogens with one attached hydrogen (secondary N) is 1. The van der Waals surface area contributed by atoms with Gasteiger partial charge in [-0.05, 0) is 56.0 Å². The molecule has 2 rings (SSSR count). The molecule has 0 saturated carbocycles. The molecule has 0 heterocycles. The molecule has 0 fully saturated rings. The predicted octanol–water partition coefficient (Wildman–Crippen LogP) is 5.85. The predicted molar refractivity (Wildman–Crippen MR) is 96.4 cm³/mol. The molecule has 2 N–H and O–H groups in total. The van der Waals surface area contributed by atoms with Gasteiger partial charge in [0.15, 0.2) is 0 Å². The number of hydrogen-bond acceptors (Lipinski definition) is 2. The van der Waals surface area contributed by atoms with Gasteiger partial charge in [0.05, 0.1) is 21.7 Å². The molecule has 0 amide bonds. The molecule has 122 valence electrons. The average molecular weight is 352 g/mol. The van der Waals surface area contributed by atoms with Crippen molar-refractivity contribution in [3.8, 4) is 0 Å². The van der Waals surface area contributed by atoms with E-state index < -0.39 is 11.9 Å². The van der Waals surface area contributed by atoms with E-state index >= 15 is 0 Å². The van der Waals surface area contributed by atoms with Crippen molar-refractivity contribution in [1.29, 1.82) is 0 Å². The van der Waals surface area contributed by atoms with Gasteiger partial charge in [-0.3, -0.25) is 4.79 Å². The van der Waals surface area contributed by atoms with Crippen LogP contribution in [0.5, 0.6) is 0 Å². The van der Waals surface area contributed by atoms with Crippen molar-refractivity contribution < 1.29 is 9.90 Å². The number of aliphatic carboxylic acids is 1. The highest BCUT2D eigenvalue weighted by molar-refractivity contribution is 6.40. The summed E-state index contributed by atoms with van der Waals surface area (Å²) in [5, 5.41) is 13.6. The maximum atomic E-state index is 11.4. The van der Waals surface area contributed by atoms with Gasteiger partial charge in [0.2, 0.25) is 0 Å². The van der Waals surface area contributed by atoms with Gasteiger partial charge in [0.1, 0.15) is 0 Å². The minimum atomic E-state index is -0.879. The Labute approximate surface area is 146 Å². The molecule has 2 aromatic rings. The fraction of sp³-hybridized carbons (Fsp3) is 0.278. The molecule has 0 aromatic heterocycles. The lowest BCUT2D eigenvalue weighted by Crippen LogP contribution is -2.11. The lowest BCUT2D eigenvalue weighted by Gasteiger charge is -2.20. The monoisotopic (exact) mass is 351 g/mol. The summed E-state index contributed by atoms with van der Waals surface area (Å²) in [6.07, 6.45) is 0. The summed E-state index contributed by atoms with van der Waals surface area (Å²) in [4.78, 5) is 11.4. The summed E-state index contributed by atoms with van der Waals surface area (Å²) in [7, 11) is 0. The third kappa shape index (κ3) is 3.46. The molecule has 0 aliphatic carbocycles. The van der Waals surface area contributed by atoms with Crippen LogP contribution in [0.15, 0.2) is 24.3 Å². The molecule has 0 aliphatic heterocycles. The lowest BCUT2D eigenvalue weighted by molar-refractivity contribution is -0.138. The molecule has 1 unspecified atom stereocenters. The van der Waals surface area contributed by atoms with E-state index in [-0.39, 0.29) is 0 Å². The van der Waals surface area contributed by atoms with E-state index in [2.05, 4.69) is 5.32 Å². The Balaban J connectivity index is 2.58. The number of carboxylic acid groups (broad SMARTS) is 1. The second-order valence-electron chi connectivity index (χ2n) is 5.71. The number of para-hydroxylation sites is 1. The number of carboxylic acids is 1. The van der Waals surface area contributed by atoms with Crippen molar-refractivity contribution >= 4 is 40.5 Å². The van der Waals surface area contributed by atoms with E-state index in [9.17, 15) is 9.90 Å². The number of anilines is 2. The number of benzene rings is 2. The van der Waals surface area contributed by atoms with Crippen LogP contribution in [-0.4, -0.2) is 11.1 Å². The average Bonchev–Trinajstić information content (AvgIpc) is 2.49. The first-order chi connectivity index (χ1) is 10.7. The molecule has 0 bridgehead atoms. The topological polar surface area (TPSA) is 49.3 Å². The van der Waals surface area contributed by atoms with Gasteiger partial charge in [0, 0.05) is 5.69 Å². The van der Waals surface area contributed by atoms with Crippen molar-refractivity contribution in [2.24, 2.45) is 0 Å². The van der Waals surface area contributed by atoms with Crippen molar-refractivity contribution in [1.82, 2.24) is 0 Å². The van der Waals surface area contributed by atoms with E-state index in [0.717, 1.165) is 22.4 Å². The van der Waals surface area contributed by atoms with Crippen LogP contribution < -0.4 is 5.32 Å². The minimum Gasteiger partial charge on any atom is -0.481 e. The number of aryl methyl sites for hydroxylation is 2. The normalized spacial score (nSPS) is 12.1. The fourth-order valence-electron chi connectivity index (χ4n) is 2.43. The van der Waals surface area contributed by atoms with Gasteiger partial charge >= 0.3 is 5.97 Å². The van der Waals surface area contributed by atoms with Crippen molar-refractivity contribution in [2.45, 2.75) is 33.6 Å². The third-order valence-corrected chi connectivity index (χ3v) is 4.88. The van der Waals surface area contributed by atoms with Gasteiger partial charge in [-0.25, -0.2) is 0 Å². The lowest BCUT2D eigenvalue weighted by atomic mass is 9.96. The first-order valence-electron chi connectivity index (χ1n) is 7.28. The van der Waals surface area contributed by atoms with Gasteiger partial charge in [0.25, 0.3) is 0 Å². The second kappa shape index (κ2) is 6.81. The zero-order valence-corrected chi connectivity index (χ0v) is 15.0. The quantitative estimate of drug-likeness (QED) is 0.726. The van der Waals surface area contributed by atoms with Crippen LogP contribution in [0.2, 0.25) is 10.0 Å². The van der Waals surface area contributed by atoms with Gasteiger partial charge in [-0.1, -0.05) is 41.4 Å². The molecule has 23 heavy (non-hydrogen) atoms. The van der Waals surface area contributed by atoms with Crippen molar-refractivity contribution in [2.75, 3.05) is 5.32 Å². The maximum Gasteiger partial charge on any atom is 0.310 e. The zero-order chi connectivity index (χ0) is 17.3. The first-order valence-corrected chi connectivity index (χ1v) is 8.04. The fourth-order valence-corrected chi connectivity index (χ4v) is 3.08. The van der Waals surface area contributed by atoms with E-state index in [1.165, 1.54) is 0 Å². The smallest absolute Gasteiger partial charge is 0.310 e. The van der Waals surface area contributed by atoms with Crippen molar-refractivity contribution in [3.05, 3.63) is 56.6 Å². The molecule has 5 heteroatoms. The number of rotatable bonds is 4. The molecular weight excluding hydrogens is 333 g/mol. The summed E-state index contributed by atoms with van der Waals surface area (Å²) in [5.74, 6) is -1.52. The molecule has 0 saturated heterocycles. The van der Waals surface area contributed by atoms with E-state index in [4.69, 9.17) is 23.2 Å². The summed E-state index contributed by atoms with van der Waals surface area (Å²) >= 11 is 12.8. The Hall–Kier alpha value is -1.71. The van der Waals surface area contributed by atoms with Crippen LogP contribution >= 0.6 is 23.2 Å². The van der Waals surface area contributed by atoms with E-state index in [1.807, 2.05) is 39.0 Å². The van der Waals surface area contributed by atoms with Crippen LogP contribution in [0.3, 0.4) is 0 Å². The molecule has 3 nitrogen and oxygen atoms in total. The Morgan fingerprint density at radius 1 is 1.13 bits per heavy atom. The van der Waals surface area contributed by atoms with Gasteiger partial charge in [-0.15, -0.1) is 0 Å². The standard InChI is InChI=1S/C18H19Cl2NO2/c1-9-6-5-7-13(12(4)18(22)23)16(9)21-17-14(19)8-10(2)11(3)15(17)20/h5-8,12,21H,1-4H3,(H,22,23). The molecule has 0 spiro atoms. The second-order valence-corrected chi connectivity index (χ2v) is 6.50. The summed E-state index contributed by atoms with van der Waals surface area (Å²) in [6, 6.07) is 7.42. The maximum absolute atomic E-state index is 11.4. The van der Waals surface area contributed by atoms with Gasteiger partial charge < -0.3 is 10.4 Å². The highest BCUT2D eigenvalue weighted by Crippen LogP contribution is 2.39. The number of hydrogen-bond donors (Lipinski definition) is 2. The Morgan fingerprint density at radius 2 is 1.78 bits per heavy atom. The van der Waals surface area contributed by atoms with Crippen LogP contribution in [0.25, 0.3) is 0 Å². The van der Waals surface area contributed by atoms with E-state index in [0.29, 0.717) is 21.3 Å². The van der Waals surface area contributed by atoms with Gasteiger partial charge in [-0.2, -0.15) is 0 Å². The third-order valence-electron chi connectivity index (χ3n) is 4.11. The Bertz CT molecular complexity index is 772. The minimum absolute atomic E-state index is 0.510. The van der Waals surface area contributed by atoms with E-state index in [1.54, 1.807) is 13.0 Å². The summed E-state index contributed by atoms with van der Waals surface area (Å²) in [5.41, 5.74) is 4.91. The SMILES string of the molecule is Cc1cc(Cl)c(Nc2c(C)cccc2C(C)C(=O)O)c(Cl)c1C. The van der Waals surface area contributed by atoms with Crippen LogP contribution in [0.4, 0.5) is 11.4 Å². The first kappa shape index (κ1) is 17.6. The molecule has 2 aromatic carbocycles. The molecule has 1 atom stereocenters.